The van der Waals surface area contributed by atoms with Gasteiger partial charge in [0, 0.05) is 49.9 Å². The molecule has 1 saturated heterocycles. The van der Waals surface area contributed by atoms with Crippen LogP contribution in [0.15, 0.2) is 48.9 Å². The second-order valence-corrected chi connectivity index (χ2v) is 5.96. The lowest BCUT2D eigenvalue weighted by Gasteiger charge is -2.27. The number of rotatable bonds is 3. The van der Waals surface area contributed by atoms with Crippen LogP contribution in [-0.4, -0.2) is 46.2 Å². The Morgan fingerprint density at radius 3 is 2.22 bits per heavy atom. The minimum Gasteiger partial charge on any atom is -0.378 e. The van der Waals surface area contributed by atoms with Crippen molar-refractivity contribution in [1.82, 2.24) is 19.9 Å². The molecule has 0 N–H and O–H groups in total. The molecule has 0 amide bonds. The molecule has 0 aliphatic carbocycles. The zero-order chi connectivity index (χ0) is 19.1. The first-order chi connectivity index (χ1) is 13.3. The van der Waals surface area contributed by atoms with Crippen LogP contribution in [0.4, 0.5) is 5.95 Å². The Morgan fingerprint density at radius 2 is 1.59 bits per heavy atom. The molecule has 6 heteroatoms. The largest absolute Gasteiger partial charge is 0.378 e. The van der Waals surface area contributed by atoms with Crippen molar-refractivity contribution in [1.29, 1.82) is 0 Å². The van der Waals surface area contributed by atoms with Crippen LogP contribution >= 0.6 is 0 Å². The summed E-state index contributed by atoms with van der Waals surface area (Å²) >= 11 is 0. The number of aromatic nitrogens is 4. The fourth-order valence-electron chi connectivity index (χ4n) is 2.78. The van der Waals surface area contributed by atoms with E-state index < -0.39 is 0 Å². The molecule has 1 aliphatic rings. The number of hydrogen-bond acceptors (Lipinski definition) is 6. The SMILES string of the molecule is CC.Cc1ccc(-c2cc(-c3ccncc3)nc(N3CCOCC3)n2)cn1.[HH]. The zero-order valence-corrected chi connectivity index (χ0v) is 16.1. The van der Waals surface area contributed by atoms with Crippen molar-refractivity contribution in [3.63, 3.8) is 0 Å². The van der Waals surface area contributed by atoms with Crippen LogP contribution in [0.1, 0.15) is 21.0 Å². The van der Waals surface area contributed by atoms with Gasteiger partial charge in [-0.3, -0.25) is 9.97 Å². The summed E-state index contributed by atoms with van der Waals surface area (Å²) in [5.41, 5.74) is 4.75. The summed E-state index contributed by atoms with van der Waals surface area (Å²) in [6.07, 6.45) is 5.41. The van der Waals surface area contributed by atoms with Gasteiger partial charge < -0.3 is 9.64 Å². The summed E-state index contributed by atoms with van der Waals surface area (Å²) in [6, 6.07) is 9.97. The number of hydrogen-bond donors (Lipinski definition) is 0. The van der Waals surface area contributed by atoms with Gasteiger partial charge in [0.1, 0.15) is 0 Å². The van der Waals surface area contributed by atoms with Crippen LogP contribution in [0.2, 0.25) is 0 Å². The summed E-state index contributed by atoms with van der Waals surface area (Å²) in [5, 5.41) is 0. The van der Waals surface area contributed by atoms with Gasteiger partial charge in [0.15, 0.2) is 0 Å². The smallest absolute Gasteiger partial charge is 0.226 e. The van der Waals surface area contributed by atoms with Gasteiger partial charge in [0.05, 0.1) is 24.6 Å². The van der Waals surface area contributed by atoms with E-state index in [4.69, 9.17) is 14.7 Å². The normalized spacial score (nSPS) is 13.7. The van der Waals surface area contributed by atoms with E-state index >= 15 is 0 Å². The van der Waals surface area contributed by atoms with Crippen molar-refractivity contribution in [2.75, 3.05) is 31.2 Å². The fraction of sp³-hybridized carbons (Fsp3) is 0.333. The van der Waals surface area contributed by atoms with Crippen LogP contribution < -0.4 is 4.90 Å². The monoisotopic (exact) mass is 365 g/mol. The molecule has 4 rings (SSSR count). The molecule has 6 nitrogen and oxygen atoms in total. The number of pyridine rings is 2. The van der Waals surface area contributed by atoms with E-state index in [0.29, 0.717) is 13.2 Å². The van der Waals surface area contributed by atoms with Gasteiger partial charge in [-0.1, -0.05) is 13.8 Å². The third-order valence-electron chi connectivity index (χ3n) is 4.19. The Morgan fingerprint density at radius 1 is 0.926 bits per heavy atom. The number of aryl methyl sites for hydroxylation is 1. The summed E-state index contributed by atoms with van der Waals surface area (Å²) in [7, 11) is 0. The quantitative estimate of drug-likeness (QED) is 0.698. The Hall–Kier alpha value is -2.86. The molecule has 0 spiro atoms. The molecule has 0 unspecified atom stereocenters. The number of anilines is 1. The van der Waals surface area contributed by atoms with Crippen LogP contribution in [0, 0.1) is 6.92 Å². The molecule has 0 bridgehead atoms. The maximum Gasteiger partial charge on any atom is 0.226 e. The number of morpholine rings is 1. The molecule has 1 aliphatic heterocycles. The molecular formula is C21H27N5O. The van der Waals surface area contributed by atoms with Gasteiger partial charge in [-0.25, -0.2) is 9.97 Å². The first kappa shape index (κ1) is 18.9. The zero-order valence-electron chi connectivity index (χ0n) is 16.1. The van der Waals surface area contributed by atoms with E-state index in [1.807, 2.05) is 57.3 Å². The van der Waals surface area contributed by atoms with Crippen LogP contribution in [0.3, 0.4) is 0 Å². The molecule has 1 fully saturated rings. The molecule has 0 saturated carbocycles. The van der Waals surface area contributed by atoms with Crippen LogP contribution in [0.25, 0.3) is 22.5 Å². The van der Waals surface area contributed by atoms with Crippen molar-refractivity contribution in [3.05, 3.63) is 54.6 Å². The number of ether oxygens (including phenoxy) is 1. The van der Waals surface area contributed by atoms with E-state index in [-0.39, 0.29) is 1.43 Å². The van der Waals surface area contributed by atoms with Crippen molar-refractivity contribution < 1.29 is 6.16 Å². The Labute approximate surface area is 161 Å². The fourth-order valence-corrected chi connectivity index (χ4v) is 2.78. The second-order valence-electron chi connectivity index (χ2n) is 5.96. The highest BCUT2D eigenvalue weighted by atomic mass is 16.5. The Kier molecular flexibility index (Phi) is 6.44. The summed E-state index contributed by atoms with van der Waals surface area (Å²) in [5.74, 6) is 0.730. The topological polar surface area (TPSA) is 64.0 Å². The van der Waals surface area contributed by atoms with Gasteiger partial charge in [0.25, 0.3) is 0 Å². The number of nitrogens with zero attached hydrogens (tertiary/aromatic N) is 5. The van der Waals surface area contributed by atoms with Crippen LogP contribution in [-0.2, 0) is 4.74 Å². The van der Waals surface area contributed by atoms with Crippen molar-refractivity contribution >= 4 is 5.95 Å². The van der Waals surface area contributed by atoms with Crippen molar-refractivity contribution in [2.24, 2.45) is 0 Å². The molecule has 4 heterocycles. The van der Waals surface area contributed by atoms with E-state index in [9.17, 15) is 0 Å². The van der Waals surface area contributed by atoms with Gasteiger partial charge in [-0.05, 0) is 37.3 Å². The van der Waals surface area contributed by atoms with E-state index in [1.165, 1.54) is 0 Å². The van der Waals surface area contributed by atoms with Gasteiger partial charge in [0.2, 0.25) is 5.95 Å². The predicted octanol–water partition coefficient (Wildman–Crippen LogP) is 4.02. The standard InChI is InChI=1S/C19H19N5O.C2H6.H2/c1-14-2-3-16(13-21-14)18-12-17(15-4-6-20-7-5-15)22-19(23-18)24-8-10-25-11-9-24;1-2;/h2-7,12-13H,8-11H2,1H3;1-2H3;1H. The molecule has 0 radical (unpaired) electrons. The first-order valence-corrected chi connectivity index (χ1v) is 9.35. The van der Waals surface area contributed by atoms with Gasteiger partial charge >= 0.3 is 0 Å². The lowest BCUT2D eigenvalue weighted by atomic mass is 10.1. The minimum atomic E-state index is 0. The summed E-state index contributed by atoms with van der Waals surface area (Å²) in [6.45, 7) is 8.97. The maximum absolute atomic E-state index is 5.45. The molecule has 0 aromatic carbocycles. The minimum absolute atomic E-state index is 0. The maximum atomic E-state index is 5.45. The molecule has 27 heavy (non-hydrogen) atoms. The highest BCUT2D eigenvalue weighted by Gasteiger charge is 2.17. The van der Waals surface area contributed by atoms with Crippen LogP contribution in [0.5, 0.6) is 0 Å². The van der Waals surface area contributed by atoms with Gasteiger partial charge in [-0.2, -0.15) is 0 Å². The van der Waals surface area contributed by atoms with Crippen molar-refractivity contribution in [3.8, 4) is 22.5 Å². The average molecular weight is 365 g/mol. The third kappa shape index (κ3) is 4.65. The Bertz CT molecular complexity index is 852. The van der Waals surface area contributed by atoms with E-state index in [1.54, 1.807) is 12.4 Å². The predicted molar refractivity (Wildman–Crippen MR) is 110 cm³/mol. The lowest BCUT2D eigenvalue weighted by Crippen LogP contribution is -2.37. The molecular weight excluding hydrogens is 338 g/mol. The van der Waals surface area contributed by atoms with Crippen molar-refractivity contribution in [2.45, 2.75) is 20.8 Å². The molecule has 0 atom stereocenters. The highest BCUT2D eigenvalue weighted by molar-refractivity contribution is 5.69. The molecule has 142 valence electrons. The second kappa shape index (κ2) is 9.19. The lowest BCUT2D eigenvalue weighted by molar-refractivity contribution is 0.122. The van der Waals surface area contributed by atoms with Gasteiger partial charge in [-0.15, -0.1) is 0 Å². The highest BCUT2D eigenvalue weighted by Crippen LogP contribution is 2.26. The van der Waals surface area contributed by atoms with E-state index in [0.717, 1.165) is 47.2 Å². The average Bonchev–Trinajstić information content (AvgIpc) is 2.76. The summed E-state index contributed by atoms with van der Waals surface area (Å²) < 4.78 is 5.45. The molecule has 3 aromatic heterocycles. The molecule has 3 aromatic rings. The third-order valence-corrected chi connectivity index (χ3v) is 4.19. The van der Waals surface area contributed by atoms with E-state index in [2.05, 4.69) is 14.9 Å². The first-order valence-electron chi connectivity index (χ1n) is 9.35. The Balaban J connectivity index is 0.000000906. The summed E-state index contributed by atoms with van der Waals surface area (Å²) in [4.78, 5) is 20.2.